The molecule has 0 amide bonds. The molecule has 2 aliphatic heterocycles. The predicted molar refractivity (Wildman–Crippen MR) is 98.9 cm³/mol. The Morgan fingerprint density at radius 3 is 2.50 bits per heavy atom. The van der Waals surface area contributed by atoms with Crippen molar-refractivity contribution in [3.05, 3.63) is 35.9 Å². The Labute approximate surface area is 146 Å². The van der Waals surface area contributed by atoms with Gasteiger partial charge >= 0.3 is 0 Å². The van der Waals surface area contributed by atoms with Crippen molar-refractivity contribution in [2.75, 3.05) is 26.3 Å². The molecule has 132 valence electrons. The summed E-state index contributed by atoms with van der Waals surface area (Å²) in [6.07, 6.45) is 5.77. The standard InChI is InChI=1S/C20H31N3O/c1-16-7-11-23(12-8-16)20(21)22-19(18-5-3-2-4-6-18)15-17-9-13-24-14-10-17/h2-6,16-17,19H,7-15H2,1H3,(H2,21,22). The summed E-state index contributed by atoms with van der Waals surface area (Å²) in [5.41, 5.74) is 7.66. The third kappa shape index (κ3) is 4.73. The summed E-state index contributed by atoms with van der Waals surface area (Å²) in [6.45, 7) is 6.16. The maximum absolute atomic E-state index is 6.39. The van der Waals surface area contributed by atoms with Crippen LogP contribution < -0.4 is 5.73 Å². The van der Waals surface area contributed by atoms with E-state index < -0.39 is 0 Å². The fourth-order valence-electron chi connectivity index (χ4n) is 3.72. The average Bonchev–Trinajstić information content (AvgIpc) is 2.63. The van der Waals surface area contributed by atoms with Crippen molar-refractivity contribution < 1.29 is 4.74 Å². The Morgan fingerprint density at radius 2 is 1.83 bits per heavy atom. The molecular weight excluding hydrogens is 298 g/mol. The molecule has 0 saturated carbocycles. The van der Waals surface area contributed by atoms with Gasteiger partial charge in [-0.1, -0.05) is 37.3 Å². The van der Waals surface area contributed by atoms with Gasteiger partial charge in [0.05, 0.1) is 6.04 Å². The first-order chi connectivity index (χ1) is 11.7. The topological polar surface area (TPSA) is 50.8 Å². The van der Waals surface area contributed by atoms with Gasteiger partial charge in [-0.05, 0) is 49.5 Å². The van der Waals surface area contributed by atoms with E-state index in [4.69, 9.17) is 15.5 Å². The minimum Gasteiger partial charge on any atom is -0.381 e. The van der Waals surface area contributed by atoms with Crippen molar-refractivity contribution in [3.8, 4) is 0 Å². The van der Waals surface area contributed by atoms with E-state index in [1.807, 2.05) is 0 Å². The summed E-state index contributed by atoms with van der Waals surface area (Å²) in [5.74, 6) is 2.21. The monoisotopic (exact) mass is 329 g/mol. The van der Waals surface area contributed by atoms with Crippen molar-refractivity contribution in [3.63, 3.8) is 0 Å². The fourth-order valence-corrected chi connectivity index (χ4v) is 3.72. The van der Waals surface area contributed by atoms with E-state index in [-0.39, 0.29) is 6.04 Å². The van der Waals surface area contributed by atoms with Crippen molar-refractivity contribution >= 4 is 5.96 Å². The van der Waals surface area contributed by atoms with Crippen LogP contribution in [0.2, 0.25) is 0 Å². The number of guanidine groups is 1. The van der Waals surface area contributed by atoms with Crippen LogP contribution in [0.3, 0.4) is 0 Å². The van der Waals surface area contributed by atoms with Crippen LogP contribution in [0.4, 0.5) is 0 Å². The molecule has 2 N–H and O–H groups in total. The van der Waals surface area contributed by atoms with Crippen molar-refractivity contribution in [2.24, 2.45) is 22.6 Å². The molecule has 1 aromatic carbocycles. The van der Waals surface area contributed by atoms with E-state index in [0.717, 1.165) is 57.4 Å². The molecule has 0 radical (unpaired) electrons. The predicted octanol–water partition coefficient (Wildman–Crippen LogP) is 3.59. The summed E-state index contributed by atoms with van der Waals surface area (Å²) in [5, 5.41) is 0. The van der Waals surface area contributed by atoms with Gasteiger partial charge in [0.1, 0.15) is 0 Å². The van der Waals surface area contributed by atoms with Gasteiger partial charge in [0.25, 0.3) is 0 Å². The van der Waals surface area contributed by atoms with Gasteiger partial charge in [-0.25, -0.2) is 4.99 Å². The fraction of sp³-hybridized carbons (Fsp3) is 0.650. The Morgan fingerprint density at radius 1 is 1.17 bits per heavy atom. The lowest BCUT2D eigenvalue weighted by molar-refractivity contribution is 0.0618. The zero-order valence-corrected chi connectivity index (χ0v) is 14.9. The highest BCUT2D eigenvalue weighted by Crippen LogP contribution is 2.30. The van der Waals surface area contributed by atoms with Gasteiger partial charge in [-0.3, -0.25) is 0 Å². The van der Waals surface area contributed by atoms with Crippen LogP contribution in [0.1, 0.15) is 50.6 Å². The third-order valence-corrected chi connectivity index (χ3v) is 5.48. The first-order valence-corrected chi connectivity index (χ1v) is 9.43. The molecule has 4 heteroatoms. The Bertz CT molecular complexity index is 517. The molecule has 3 rings (SSSR count). The third-order valence-electron chi connectivity index (χ3n) is 5.48. The molecule has 0 bridgehead atoms. The molecule has 2 heterocycles. The number of benzene rings is 1. The van der Waals surface area contributed by atoms with Gasteiger partial charge < -0.3 is 15.4 Å². The lowest BCUT2D eigenvalue weighted by Gasteiger charge is -2.32. The summed E-state index contributed by atoms with van der Waals surface area (Å²) < 4.78 is 5.50. The molecule has 2 fully saturated rings. The van der Waals surface area contributed by atoms with Gasteiger partial charge in [-0.15, -0.1) is 0 Å². The largest absolute Gasteiger partial charge is 0.381 e. The molecule has 1 atom stereocenters. The normalized spacial score (nSPS) is 22.5. The molecule has 1 aromatic rings. The smallest absolute Gasteiger partial charge is 0.191 e. The van der Waals surface area contributed by atoms with Crippen LogP contribution in [0.25, 0.3) is 0 Å². The highest BCUT2D eigenvalue weighted by atomic mass is 16.5. The average molecular weight is 329 g/mol. The zero-order chi connectivity index (χ0) is 16.8. The van der Waals surface area contributed by atoms with E-state index >= 15 is 0 Å². The van der Waals surface area contributed by atoms with Gasteiger partial charge in [0, 0.05) is 26.3 Å². The molecule has 0 aliphatic carbocycles. The number of ether oxygens (including phenoxy) is 1. The Balaban J connectivity index is 1.72. The lowest BCUT2D eigenvalue weighted by Crippen LogP contribution is -2.42. The first kappa shape index (κ1) is 17.3. The Hall–Kier alpha value is -1.55. The quantitative estimate of drug-likeness (QED) is 0.678. The van der Waals surface area contributed by atoms with Crippen molar-refractivity contribution in [1.29, 1.82) is 0 Å². The van der Waals surface area contributed by atoms with E-state index in [1.165, 1.54) is 18.4 Å². The van der Waals surface area contributed by atoms with Gasteiger partial charge in [-0.2, -0.15) is 0 Å². The summed E-state index contributed by atoms with van der Waals surface area (Å²) in [4.78, 5) is 7.23. The zero-order valence-electron chi connectivity index (χ0n) is 14.9. The van der Waals surface area contributed by atoms with Crippen LogP contribution in [-0.4, -0.2) is 37.2 Å². The number of nitrogens with two attached hydrogens (primary N) is 1. The van der Waals surface area contributed by atoms with Gasteiger partial charge in [0.2, 0.25) is 0 Å². The van der Waals surface area contributed by atoms with Crippen molar-refractivity contribution in [1.82, 2.24) is 4.90 Å². The summed E-state index contributed by atoms with van der Waals surface area (Å²) >= 11 is 0. The van der Waals surface area contributed by atoms with Gasteiger partial charge in [0.15, 0.2) is 5.96 Å². The number of nitrogens with zero attached hydrogens (tertiary/aromatic N) is 2. The summed E-state index contributed by atoms with van der Waals surface area (Å²) in [6, 6.07) is 10.8. The SMILES string of the molecule is CC1CCN(C(N)=NC(CC2CCOCC2)c2ccccc2)CC1. The Kier molecular flexibility index (Phi) is 6.13. The molecule has 0 spiro atoms. The van der Waals surface area contributed by atoms with E-state index in [0.29, 0.717) is 5.92 Å². The van der Waals surface area contributed by atoms with E-state index in [1.54, 1.807) is 0 Å². The van der Waals surface area contributed by atoms with Crippen LogP contribution in [0, 0.1) is 11.8 Å². The maximum Gasteiger partial charge on any atom is 0.191 e. The minimum atomic E-state index is 0.161. The second kappa shape index (κ2) is 8.52. The molecule has 2 saturated heterocycles. The second-order valence-electron chi connectivity index (χ2n) is 7.37. The molecule has 24 heavy (non-hydrogen) atoms. The van der Waals surface area contributed by atoms with E-state index in [2.05, 4.69) is 42.2 Å². The second-order valence-corrected chi connectivity index (χ2v) is 7.37. The molecular formula is C20H31N3O. The van der Waals surface area contributed by atoms with Crippen LogP contribution in [0.15, 0.2) is 35.3 Å². The molecule has 1 unspecified atom stereocenters. The van der Waals surface area contributed by atoms with E-state index in [9.17, 15) is 0 Å². The first-order valence-electron chi connectivity index (χ1n) is 9.43. The van der Waals surface area contributed by atoms with Crippen LogP contribution >= 0.6 is 0 Å². The number of piperidine rings is 1. The van der Waals surface area contributed by atoms with Crippen LogP contribution in [0.5, 0.6) is 0 Å². The lowest BCUT2D eigenvalue weighted by atomic mass is 9.90. The number of aliphatic imine (C=N–C) groups is 1. The number of hydrogen-bond donors (Lipinski definition) is 1. The number of likely N-dealkylation sites (tertiary alicyclic amines) is 1. The molecule has 2 aliphatic rings. The highest BCUT2D eigenvalue weighted by molar-refractivity contribution is 5.78. The van der Waals surface area contributed by atoms with Crippen LogP contribution in [-0.2, 0) is 4.74 Å². The number of rotatable bonds is 4. The molecule has 4 nitrogen and oxygen atoms in total. The molecule has 0 aromatic heterocycles. The maximum atomic E-state index is 6.39. The highest BCUT2D eigenvalue weighted by Gasteiger charge is 2.22. The minimum absolute atomic E-state index is 0.161. The van der Waals surface area contributed by atoms with Crippen molar-refractivity contribution in [2.45, 2.75) is 45.1 Å². The summed E-state index contributed by atoms with van der Waals surface area (Å²) in [7, 11) is 0. The number of hydrogen-bond acceptors (Lipinski definition) is 2.